The molecule has 1 atom stereocenters. The molecule has 4 rings (SSSR count). The maximum absolute atomic E-state index is 15.0. The number of hydrogen-bond donors (Lipinski definition) is 1. The third-order valence-corrected chi connectivity index (χ3v) is 7.36. The molecule has 1 saturated heterocycles. The van der Waals surface area contributed by atoms with Crippen LogP contribution in [0, 0.1) is 11.7 Å². The molecule has 1 N–H and O–H groups in total. The van der Waals surface area contributed by atoms with Crippen LogP contribution in [0.3, 0.4) is 0 Å². The van der Waals surface area contributed by atoms with E-state index in [4.69, 9.17) is 11.6 Å². The number of nitrogens with one attached hydrogen (secondary N) is 1. The van der Waals surface area contributed by atoms with Gasteiger partial charge in [-0.2, -0.15) is 0 Å². The molecule has 6 nitrogen and oxygen atoms in total. The van der Waals surface area contributed by atoms with Crippen LogP contribution >= 0.6 is 11.6 Å². The quantitative estimate of drug-likeness (QED) is 0.601. The molecule has 0 aromatic heterocycles. The van der Waals surface area contributed by atoms with E-state index in [1.54, 1.807) is 37.4 Å². The van der Waals surface area contributed by atoms with Crippen molar-refractivity contribution in [3.05, 3.63) is 52.8 Å². The molecule has 2 aliphatic rings. The van der Waals surface area contributed by atoms with E-state index in [0.29, 0.717) is 28.7 Å². The first-order valence-electron chi connectivity index (χ1n) is 11.8. The summed E-state index contributed by atoms with van der Waals surface area (Å²) in [7, 11) is 5.67. The summed E-state index contributed by atoms with van der Waals surface area (Å²) < 4.78 is 15.0. The summed E-state index contributed by atoms with van der Waals surface area (Å²) in [5.41, 5.74) is 1.86. The van der Waals surface area contributed by atoms with Crippen molar-refractivity contribution in [2.24, 2.45) is 5.92 Å². The third kappa shape index (κ3) is 5.20. The standard InChI is InChI=1S/C26H32ClFN4O2.H2/c1-30(2)20-12-13-32(16-20)24-11-9-19(15-23(24)28)31(3)26(34)21-10-8-18(14-22(21)27)29-25(33)17-6-4-5-7-17;/h8-11,14-15,17,20H,4-7,12-13,16H2,1-3H3,(H,29,33);1H. The molecule has 34 heavy (non-hydrogen) atoms. The van der Waals surface area contributed by atoms with Crippen molar-refractivity contribution < 1.29 is 15.4 Å². The predicted molar refractivity (Wildman–Crippen MR) is 138 cm³/mol. The van der Waals surface area contributed by atoms with Gasteiger partial charge < -0.3 is 20.0 Å². The fraction of sp³-hybridized carbons (Fsp3) is 0.462. The average Bonchev–Trinajstić information content (AvgIpc) is 3.51. The number of anilines is 3. The van der Waals surface area contributed by atoms with Gasteiger partial charge in [0, 0.05) is 44.9 Å². The number of carbonyl (C=O) groups excluding carboxylic acids is 2. The molecule has 2 aromatic carbocycles. The number of rotatable bonds is 6. The first-order chi connectivity index (χ1) is 16.2. The molecular formula is C26H34ClFN4O2. The van der Waals surface area contributed by atoms with Gasteiger partial charge in [-0.3, -0.25) is 9.59 Å². The largest absolute Gasteiger partial charge is 0.368 e. The molecule has 184 valence electrons. The molecule has 1 heterocycles. The van der Waals surface area contributed by atoms with Gasteiger partial charge in [-0.15, -0.1) is 0 Å². The van der Waals surface area contributed by atoms with Crippen molar-refractivity contribution in [2.75, 3.05) is 49.3 Å². The smallest absolute Gasteiger partial charge is 0.259 e. The van der Waals surface area contributed by atoms with Crippen LogP contribution in [0.5, 0.6) is 0 Å². The second-order valence-electron chi connectivity index (χ2n) is 9.52. The molecule has 1 aliphatic heterocycles. The minimum atomic E-state index is -0.354. The fourth-order valence-electron chi connectivity index (χ4n) is 4.84. The van der Waals surface area contributed by atoms with E-state index in [2.05, 4.69) is 10.2 Å². The van der Waals surface area contributed by atoms with Crippen LogP contribution in [0.1, 0.15) is 43.9 Å². The topological polar surface area (TPSA) is 55.9 Å². The number of nitrogens with zero attached hydrogens (tertiary/aromatic N) is 3. The number of halogens is 2. The van der Waals surface area contributed by atoms with Crippen LogP contribution in [0.4, 0.5) is 21.5 Å². The maximum atomic E-state index is 15.0. The Hall–Kier alpha value is -2.64. The zero-order valence-corrected chi connectivity index (χ0v) is 20.7. The summed E-state index contributed by atoms with van der Waals surface area (Å²) in [6.07, 6.45) is 4.96. The Kier molecular flexibility index (Phi) is 7.43. The van der Waals surface area contributed by atoms with E-state index in [9.17, 15) is 14.0 Å². The monoisotopic (exact) mass is 488 g/mol. The average molecular weight is 489 g/mol. The molecule has 1 unspecified atom stereocenters. The summed E-state index contributed by atoms with van der Waals surface area (Å²) in [6.45, 7) is 1.57. The van der Waals surface area contributed by atoms with E-state index >= 15 is 0 Å². The SMILES string of the molecule is CN(C(=O)c1ccc(NC(=O)C2CCCC2)cc1Cl)c1ccc(N2CCC(N(C)C)C2)c(F)c1.[HH]. The first-order valence-corrected chi connectivity index (χ1v) is 12.2. The predicted octanol–water partition coefficient (Wildman–Crippen LogP) is 5.27. The van der Waals surface area contributed by atoms with Crippen LogP contribution in [-0.2, 0) is 4.79 Å². The lowest BCUT2D eigenvalue weighted by molar-refractivity contribution is -0.119. The van der Waals surface area contributed by atoms with Crippen molar-refractivity contribution >= 4 is 40.5 Å². The third-order valence-electron chi connectivity index (χ3n) is 7.05. The maximum Gasteiger partial charge on any atom is 0.259 e. The number of hydrogen-bond acceptors (Lipinski definition) is 4. The first kappa shape index (κ1) is 24.5. The Morgan fingerprint density at radius 2 is 1.82 bits per heavy atom. The Bertz CT molecular complexity index is 1080. The molecule has 0 spiro atoms. The molecule has 8 heteroatoms. The molecule has 2 fully saturated rings. The van der Waals surface area contributed by atoms with E-state index in [0.717, 1.165) is 45.2 Å². The van der Waals surface area contributed by atoms with Crippen molar-refractivity contribution in [1.29, 1.82) is 0 Å². The van der Waals surface area contributed by atoms with E-state index in [1.807, 2.05) is 19.0 Å². The second-order valence-corrected chi connectivity index (χ2v) is 9.92. The van der Waals surface area contributed by atoms with Crippen LogP contribution in [0.15, 0.2) is 36.4 Å². The van der Waals surface area contributed by atoms with Crippen LogP contribution < -0.4 is 15.1 Å². The molecule has 2 amide bonds. The highest BCUT2D eigenvalue weighted by atomic mass is 35.5. The van der Waals surface area contributed by atoms with Crippen molar-refractivity contribution in [3.8, 4) is 0 Å². The minimum absolute atomic E-state index is 0. The van der Waals surface area contributed by atoms with E-state index in [-0.39, 0.29) is 30.0 Å². The summed E-state index contributed by atoms with van der Waals surface area (Å²) in [6, 6.07) is 10.1. The van der Waals surface area contributed by atoms with Crippen molar-refractivity contribution in [3.63, 3.8) is 0 Å². The fourth-order valence-corrected chi connectivity index (χ4v) is 5.10. The van der Waals surface area contributed by atoms with E-state index < -0.39 is 0 Å². The summed E-state index contributed by atoms with van der Waals surface area (Å²) in [4.78, 5) is 31.1. The lowest BCUT2D eigenvalue weighted by atomic mass is 10.1. The Morgan fingerprint density at radius 1 is 1.09 bits per heavy atom. The van der Waals surface area contributed by atoms with Crippen molar-refractivity contribution in [2.45, 2.75) is 38.1 Å². The van der Waals surface area contributed by atoms with Crippen LogP contribution in [0.2, 0.25) is 5.02 Å². The summed E-state index contributed by atoms with van der Waals surface area (Å²) in [5.74, 6) is -0.666. The van der Waals surface area contributed by atoms with Gasteiger partial charge in [0.25, 0.3) is 5.91 Å². The summed E-state index contributed by atoms with van der Waals surface area (Å²) >= 11 is 6.40. The highest BCUT2D eigenvalue weighted by Crippen LogP contribution is 2.31. The zero-order chi connectivity index (χ0) is 24.4. The number of carbonyl (C=O) groups is 2. The van der Waals surface area contributed by atoms with Gasteiger partial charge >= 0.3 is 0 Å². The van der Waals surface area contributed by atoms with E-state index in [1.165, 1.54) is 11.0 Å². The van der Waals surface area contributed by atoms with Crippen LogP contribution in [0.25, 0.3) is 0 Å². The molecule has 2 aromatic rings. The van der Waals surface area contributed by atoms with Gasteiger partial charge in [0.15, 0.2) is 0 Å². The lowest BCUT2D eigenvalue weighted by Crippen LogP contribution is -2.31. The minimum Gasteiger partial charge on any atom is -0.368 e. The van der Waals surface area contributed by atoms with Crippen molar-refractivity contribution in [1.82, 2.24) is 4.90 Å². The normalized spacial score (nSPS) is 18.5. The highest BCUT2D eigenvalue weighted by molar-refractivity contribution is 6.35. The second kappa shape index (κ2) is 10.3. The van der Waals surface area contributed by atoms with Gasteiger partial charge in [-0.1, -0.05) is 24.4 Å². The Balaban J connectivity index is 0.00000342. The molecule has 1 aliphatic carbocycles. The number of amides is 2. The number of benzene rings is 2. The van der Waals surface area contributed by atoms with Gasteiger partial charge in [0.05, 0.1) is 16.3 Å². The number of likely N-dealkylation sites (N-methyl/N-ethyl adjacent to an activating group) is 1. The molecule has 0 bridgehead atoms. The molecule has 0 radical (unpaired) electrons. The lowest BCUT2D eigenvalue weighted by Gasteiger charge is -2.24. The van der Waals surface area contributed by atoms with Gasteiger partial charge in [0.1, 0.15) is 5.82 Å². The molecular weight excluding hydrogens is 455 g/mol. The highest BCUT2D eigenvalue weighted by Gasteiger charge is 2.27. The zero-order valence-electron chi connectivity index (χ0n) is 20.0. The molecule has 1 saturated carbocycles. The Morgan fingerprint density at radius 3 is 2.44 bits per heavy atom. The van der Waals surface area contributed by atoms with Gasteiger partial charge in [0.2, 0.25) is 5.91 Å². The summed E-state index contributed by atoms with van der Waals surface area (Å²) in [5, 5.41) is 3.14. The van der Waals surface area contributed by atoms with Crippen LogP contribution in [-0.4, -0.2) is 57.0 Å². The van der Waals surface area contributed by atoms with Gasteiger partial charge in [-0.05, 0) is 69.8 Å². The Labute approximate surface area is 207 Å². The van der Waals surface area contributed by atoms with Gasteiger partial charge in [-0.25, -0.2) is 4.39 Å².